The molecule has 3 aromatic rings. The molecule has 0 unspecified atom stereocenters. The van der Waals surface area contributed by atoms with E-state index >= 15 is 0 Å². The highest BCUT2D eigenvalue weighted by Gasteiger charge is 2.40. The van der Waals surface area contributed by atoms with E-state index in [9.17, 15) is 4.79 Å². The summed E-state index contributed by atoms with van der Waals surface area (Å²) >= 11 is 3.52. The van der Waals surface area contributed by atoms with Crippen LogP contribution >= 0.6 is 15.9 Å². The van der Waals surface area contributed by atoms with Crippen LogP contribution in [-0.4, -0.2) is 45.0 Å². The fraction of sp³-hybridized carbons (Fsp3) is 0.389. The van der Waals surface area contributed by atoms with Crippen molar-refractivity contribution in [2.45, 2.75) is 32.4 Å². The molecule has 4 heterocycles. The average Bonchev–Trinajstić information content (AvgIpc) is 3.28. The van der Waals surface area contributed by atoms with Gasteiger partial charge in [0.25, 0.3) is 5.56 Å². The number of morpholine rings is 1. The molecule has 0 amide bonds. The lowest BCUT2D eigenvalue weighted by atomic mass is 10.1. The predicted molar refractivity (Wildman–Crippen MR) is 102 cm³/mol. The molecule has 134 valence electrons. The molecule has 5 rings (SSSR count). The third-order valence-electron chi connectivity index (χ3n) is 5.23. The number of aryl methyl sites for hydroxylation is 2. The van der Waals surface area contributed by atoms with Crippen LogP contribution in [0.15, 0.2) is 27.6 Å². The van der Waals surface area contributed by atoms with Gasteiger partial charge in [0, 0.05) is 17.2 Å². The first kappa shape index (κ1) is 16.0. The van der Waals surface area contributed by atoms with E-state index in [2.05, 4.69) is 35.9 Å². The van der Waals surface area contributed by atoms with Gasteiger partial charge in [-0.25, -0.2) is 4.68 Å². The van der Waals surface area contributed by atoms with Crippen molar-refractivity contribution in [2.24, 2.45) is 0 Å². The van der Waals surface area contributed by atoms with Gasteiger partial charge in [0.05, 0.1) is 24.4 Å². The van der Waals surface area contributed by atoms with Crippen molar-refractivity contribution in [2.75, 3.05) is 18.1 Å². The lowest BCUT2D eigenvalue weighted by Crippen LogP contribution is -2.38. The zero-order chi connectivity index (χ0) is 18.0. The van der Waals surface area contributed by atoms with Crippen molar-refractivity contribution in [3.05, 3.63) is 44.3 Å². The largest absolute Gasteiger partial charge is 0.374 e. The predicted octanol–water partition coefficient (Wildman–Crippen LogP) is 2.47. The number of anilines is 1. The number of hydrogen-bond donors (Lipinski definition) is 1. The van der Waals surface area contributed by atoms with E-state index in [0.717, 1.165) is 34.3 Å². The zero-order valence-corrected chi connectivity index (χ0v) is 16.1. The third kappa shape index (κ3) is 2.39. The van der Waals surface area contributed by atoms with Crippen LogP contribution in [0.5, 0.6) is 0 Å². The summed E-state index contributed by atoms with van der Waals surface area (Å²) in [4.78, 5) is 22.3. The van der Waals surface area contributed by atoms with E-state index in [-0.39, 0.29) is 11.7 Å². The molecule has 26 heavy (non-hydrogen) atoms. The third-order valence-corrected chi connectivity index (χ3v) is 5.69. The molecule has 1 aromatic carbocycles. The van der Waals surface area contributed by atoms with Gasteiger partial charge in [-0.3, -0.25) is 9.78 Å². The number of nitrogens with one attached hydrogen (secondary N) is 1. The van der Waals surface area contributed by atoms with Gasteiger partial charge < -0.3 is 9.64 Å². The smallest absolute Gasteiger partial charge is 0.263 e. The Labute approximate surface area is 158 Å². The molecule has 0 saturated carbocycles. The fourth-order valence-electron chi connectivity index (χ4n) is 4.08. The first-order chi connectivity index (χ1) is 12.5. The summed E-state index contributed by atoms with van der Waals surface area (Å²) in [7, 11) is 0. The topological polar surface area (TPSA) is 76.0 Å². The second kappa shape index (κ2) is 5.65. The minimum atomic E-state index is -0.160. The quantitative estimate of drug-likeness (QED) is 0.695. The van der Waals surface area contributed by atoms with Gasteiger partial charge in [-0.05, 0) is 43.5 Å². The first-order valence-corrected chi connectivity index (χ1v) is 9.44. The minimum Gasteiger partial charge on any atom is -0.374 e. The van der Waals surface area contributed by atoms with Crippen LogP contribution in [0.25, 0.3) is 16.7 Å². The van der Waals surface area contributed by atoms with Gasteiger partial charge in [-0.1, -0.05) is 15.9 Å². The number of aromatic nitrogens is 4. The van der Waals surface area contributed by atoms with E-state index in [0.29, 0.717) is 29.6 Å². The Morgan fingerprint density at radius 1 is 1.31 bits per heavy atom. The van der Waals surface area contributed by atoms with Crippen molar-refractivity contribution in [3.63, 3.8) is 0 Å². The highest BCUT2D eigenvalue weighted by Crippen LogP contribution is 2.31. The van der Waals surface area contributed by atoms with Gasteiger partial charge in [0.1, 0.15) is 5.39 Å². The van der Waals surface area contributed by atoms with Crippen LogP contribution in [0, 0.1) is 13.8 Å². The van der Waals surface area contributed by atoms with Crippen LogP contribution < -0.4 is 10.5 Å². The summed E-state index contributed by atoms with van der Waals surface area (Å²) in [6.07, 6.45) is 2.99. The van der Waals surface area contributed by atoms with Crippen molar-refractivity contribution >= 4 is 32.9 Å². The second-order valence-corrected chi connectivity index (χ2v) is 8.00. The number of aromatic amines is 1. The number of hydrogen-bond acceptors (Lipinski definition) is 5. The maximum atomic E-state index is 12.6. The van der Waals surface area contributed by atoms with Crippen molar-refractivity contribution < 1.29 is 4.74 Å². The Morgan fingerprint density at radius 3 is 2.73 bits per heavy atom. The van der Waals surface area contributed by atoms with Gasteiger partial charge in [0.15, 0.2) is 5.65 Å². The van der Waals surface area contributed by atoms with Gasteiger partial charge >= 0.3 is 0 Å². The Hall–Kier alpha value is -2.19. The summed E-state index contributed by atoms with van der Waals surface area (Å²) in [5.41, 5.74) is 3.44. The summed E-state index contributed by atoms with van der Waals surface area (Å²) in [6, 6.07) is 4.37. The van der Waals surface area contributed by atoms with Crippen LogP contribution in [0.2, 0.25) is 0 Å². The molecule has 2 fully saturated rings. The summed E-state index contributed by atoms with van der Waals surface area (Å²) in [5.74, 6) is 0.591. The van der Waals surface area contributed by atoms with E-state index < -0.39 is 0 Å². The van der Waals surface area contributed by atoms with E-state index in [4.69, 9.17) is 4.74 Å². The fourth-order valence-corrected chi connectivity index (χ4v) is 4.77. The number of benzene rings is 1. The number of H-pyrrole nitrogens is 1. The molecule has 2 bridgehead atoms. The van der Waals surface area contributed by atoms with Crippen LogP contribution in [0.3, 0.4) is 0 Å². The first-order valence-electron chi connectivity index (χ1n) is 8.64. The molecule has 0 aliphatic carbocycles. The number of ether oxygens (including phenoxy) is 1. The summed E-state index contributed by atoms with van der Waals surface area (Å²) < 4.78 is 8.42. The molecule has 7 nitrogen and oxygen atoms in total. The molecule has 2 atom stereocenters. The monoisotopic (exact) mass is 415 g/mol. The number of halogens is 1. The Kier molecular flexibility index (Phi) is 3.48. The number of rotatable bonds is 2. The molecule has 0 spiro atoms. The van der Waals surface area contributed by atoms with E-state index in [1.54, 1.807) is 10.9 Å². The molecule has 2 aliphatic rings. The van der Waals surface area contributed by atoms with Crippen LogP contribution in [0.1, 0.15) is 17.5 Å². The highest BCUT2D eigenvalue weighted by atomic mass is 79.9. The lowest BCUT2D eigenvalue weighted by Gasteiger charge is -2.26. The van der Waals surface area contributed by atoms with Gasteiger partial charge in [-0.2, -0.15) is 4.98 Å². The van der Waals surface area contributed by atoms with Crippen LogP contribution in [0.4, 0.5) is 5.95 Å². The standard InChI is InChI=1S/C18H18BrN5O2/c1-9-3-11(19)4-10(2)15(9)24-7-14-16(22-24)20-18(21-17(14)25)23-6-13-5-12(23)8-26-13/h3-4,7,12-13H,5-6,8H2,1-2H3,(H,20,21,22,25)/t12-,13-/m1/s1. The highest BCUT2D eigenvalue weighted by molar-refractivity contribution is 9.10. The summed E-state index contributed by atoms with van der Waals surface area (Å²) in [5, 5.41) is 5.10. The molecular weight excluding hydrogens is 398 g/mol. The second-order valence-electron chi connectivity index (χ2n) is 7.09. The maximum Gasteiger partial charge on any atom is 0.263 e. The average molecular weight is 416 g/mol. The Bertz CT molecular complexity index is 1070. The Morgan fingerprint density at radius 2 is 2.08 bits per heavy atom. The molecule has 2 saturated heterocycles. The zero-order valence-electron chi connectivity index (χ0n) is 14.5. The normalized spacial score (nSPS) is 21.9. The molecule has 8 heteroatoms. The van der Waals surface area contributed by atoms with Crippen LogP contribution in [-0.2, 0) is 4.74 Å². The molecule has 2 aliphatic heterocycles. The Balaban J connectivity index is 1.62. The molecule has 0 radical (unpaired) electrons. The maximum absolute atomic E-state index is 12.6. The molecular formula is C18H18BrN5O2. The molecule has 2 aromatic heterocycles. The van der Waals surface area contributed by atoms with Gasteiger partial charge in [0.2, 0.25) is 5.95 Å². The van der Waals surface area contributed by atoms with E-state index in [1.165, 1.54) is 0 Å². The lowest BCUT2D eigenvalue weighted by molar-refractivity contribution is 0.0986. The van der Waals surface area contributed by atoms with Crippen molar-refractivity contribution in [3.8, 4) is 5.69 Å². The number of nitrogens with zero attached hydrogens (tertiary/aromatic N) is 4. The number of fused-ring (bicyclic) bond motifs is 3. The minimum absolute atomic E-state index is 0.160. The van der Waals surface area contributed by atoms with Crippen molar-refractivity contribution in [1.29, 1.82) is 0 Å². The SMILES string of the molecule is Cc1cc(Br)cc(C)c1-n1cc2c(=O)[nH]c(N3C[C@H]4C[C@@H]3CO4)nc2n1. The van der Waals surface area contributed by atoms with Gasteiger partial charge in [-0.15, -0.1) is 5.10 Å². The van der Waals surface area contributed by atoms with Crippen molar-refractivity contribution in [1.82, 2.24) is 19.7 Å². The van der Waals surface area contributed by atoms with E-state index in [1.807, 2.05) is 26.0 Å². The molecule has 1 N–H and O–H groups in total. The summed E-state index contributed by atoms with van der Waals surface area (Å²) in [6.45, 7) is 5.52.